The lowest BCUT2D eigenvalue weighted by molar-refractivity contribution is -0.118. The second kappa shape index (κ2) is 10.4. The van der Waals surface area contributed by atoms with Gasteiger partial charge in [-0.15, -0.1) is 10.2 Å². The van der Waals surface area contributed by atoms with E-state index in [1.165, 1.54) is 17.3 Å². The van der Waals surface area contributed by atoms with Crippen molar-refractivity contribution >= 4 is 23.9 Å². The number of para-hydroxylation sites is 1. The van der Waals surface area contributed by atoms with Gasteiger partial charge in [0, 0.05) is 23.6 Å². The maximum atomic E-state index is 12.3. The van der Waals surface area contributed by atoms with Gasteiger partial charge in [0.05, 0.1) is 12.0 Å². The van der Waals surface area contributed by atoms with Gasteiger partial charge in [0.2, 0.25) is 0 Å². The molecule has 0 saturated heterocycles. The van der Waals surface area contributed by atoms with Gasteiger partial charge < -0.3 is 0 Å². The van der Waals surface area contributed by atoms with Gasteiger partial charge >= 0.3 is 0 Å². The normalized spacial score (nSPS) is 11.6. The van der Waals surface area contributed by atoms with Crippen LogP contribution in [-0.4, -0.2) is 37.6 Å². The minimum Gasteiger partial charge on any atom is -0.272 e. The number of aromatic nitrogens is 4. The minimum absolute atomic E-state index is 0.0693. The first-order chi connectivity index (χ1) is 16.4. The van der Waals surface area contributed by atoms with Gasteiger partial charge in [-0.2, -0.15) is 5.10 Å². The highest BCUT2D eigenvalue weighted by atomic mass is 32.2. The van der Waals surface area contributed by atoms with Crippen molar-refractivity contribution in [3.63, 3.8) is 0 Å². The van der Waals surface area contributed by atoms with Gasteiger partial charge in [0.1, 0.15) is 0 Å². The summed E-state index contributed by atoms with van der Waals surface area (Å²) in [7, 11) is 0. The van der Waals surface area contributed by atoms with E-state index in [9.17, 15) is 4.79 Å². The number of amides is 1. The highest BCUT2D eigenvalue weighted by Crippen LogP contribution is 2.30. The van der Waals surface area contributed by atoms with Crippen molar-refractivity contribution in [2.45, 2.75) is 31.3 Å². The molecule has 34 heavy (non-hydrogen) atoms. The zero-order valence-electron chi connectivity index (χ0n) is 19.3. The Labute approximate surface area is 203 Å². The van der Waals surface area contributed by atoms with E-state index in [0.717, 1.165) is 22.6 Å². The fraction of sp³-hybridized carbons (Fsp3) is 0.192. The van der Waals surface area contributed by atoms with E-state index in [1.807, 2.05) is 47.0 Å². The van der Waals surface area contributed by atoms with E-state index in [2.05, 4.69) is 70.7 Å². The first kappa shape index (κ1) is 23.4. The summed E-state index contributed by atoms with van der Waals surface area (Å²) in [4.78, 5) is 16.3. The van der Waals surface area contributed by atoms with E-state index in [4.69, 9.17) is 0 Å². The van der Waals surface area contributed by atoms with Gasteiger partial charge in [-0.1, -0.05) is 75.0 Å². The smallest absolute Gasteiger partial charge is 0.250 e. The molecule has 4 aromatic rings. The number of nitrogens with zero attached hydrogens (tertiary/aromatic N) is 5. The minimum atomic E-state index is -0.228. The first-order valence-electron chi connectivity index (χ1n) is 10.9. The average molecular weight is 471 g/mol. The molecular formula is C26H26N6OS. The number of benzene rings is 2. The molecule has 0 bridgehead atoms. The van der Waals surface area contributed by atoms with E-state index in [0.29, 0.717) is 5.16 Å². The fourth-order valence-corrected chi connectivity index (χ4v) is 4.01. The van der Waals surface area contributed by atoms with Crippen molar-refractivity contribution in [1.82, 2.24) is 25.2 Å². The molecule has 0 aliphatic rings. The molecule has 1 amide bonds. The van der Waals surface area contributed by atoms with Crippen LogP contribution in [0.3, 0.4) is 0 Å². The van der Waals surface area contributed by atoms with Crippen LogP contribution in [0, 0.1) is 0 Å². The number of nitrogens with one attached hydrogen (secondary N) is 1. The monoisotopic (exact) mass is 470 g/mol. The van der Waals surface area contributed by atoms with Crippen molar-refractivity contribution < 1.29 is 4.79 Å². The Bertz CT molecular complexity index is 1260. The lowest BCUT2D eigenvalue weighted by atomic mass is 9.87. The average Bonchev–Trinajstić information content (AvgIpc) is 3.27. The van der Waals surface area contributed by atoms with Gasteiger partial charge in [-0.3, -0.25) is 14.3 Å². The number of hydrogen-bond acceptors (Lipinski definition) is 6. The molecule has 1 N–H and O–H groups in total. The van der Waals surface area contributed by atoms with E-state index < -0.39 is 0 Å². The quantitative estimate of drug-likeness (QED) is 0.237. The van der Waals surface area contributed by atoms with Gasteiger partial charge in [0.15, 0.2) is 11.0 Å². The third-order valence-electron chi connectivity index (χ3n) is 5.10. The lowest BCUT2D eigenvalue weighted by Gasteiger charge is -2.19. The SMILES string of the molecule is CC(C)(C)c1ccc(-c2nnc(SCC(=O)N/N=C\c3ccncc3)n2-c2ccccc2)cc1. The lowest BCUT2D eigenvalue weighted by Crippen LogP contribution is -2.20. The van der Waals surface area contributed by atoms with Crippen molar-refractivity contribution in [1.29, 1.82) is 0 Å². The van der Waals surface area contributed by atoms with E-state index >= 15 is 0 Å². The molecule has 2 heterocycles. The number of carbonyl (C=O) groups is 1. The zero-order chi connectivity index (χ0) is 24.0. The van der Waals surface area contributed by atoms with Gasteiger partial charge in [-0.25, -0.2) is 5.43 Å². The molecule has 0 aliphatic heterocycles. The van der Waals surface area contributed by atoms with E-state index in [1.54, 1.807) is 18.6 Å². The summed E-state index contributed by atoms with van der Waals surface area (Å²) < 4.78 is 1.98. The van der Waals surface area contributed by atoms with Crippen molar-refractivity contribution in [3.05, 3.63) is 90.3 Å². The number of pyridine rings is 1. The van der Waals surface area contributed by atoms with Crippen LogP contribution in [0.2, 0.25) is 0 Å². The molecule has 2 aromatic carbocycles. The molecule has 0 atom stereocenters. The molecule has 0 radical (unpaired) electrons. The van der Waals surface area contributed by atoms with Crippen LogP contribution in [0.4, 0.5) is 0 Å². The molecule has 8 heteroatoms. The molecule has 0 aliphatic carbocycles. The molecular weight excluding hydrogens is 444 g/mol. The molecule has 7 nitrogen and oxygen atoms in total. The second-order valence-electron chi connectivity index (χ2n) is 8.67. The summed E-state index contributed by atoms with van der Waals surface area (Å²) in [5, 5.41) is 13.5. The fourth-order valence-electron chi connectivity index (χ4n) is 3.27. The predicted molar refractivity (Wildman–Crippen MR) is 136 cm³/mol. The van der Waals surface area contributed by atoms with Gasteiger partial charge in [-0.05, 0) is 40.8 Å². The molecule has 0 spiro atoms. The van der Waals surface area contributed by atoms with Crippen LogP contribution in [-0.2, 0) is 10.2 Å². The van der Waals surface area contributed by atoms with Crippen LogP contribution in [0.25, 0.3) is 17.1 Å². The number of rotatable bonds is 7. The van der Waals surface area contributed by atoms with Crippen molar-refractivity contribution in [2.75, 3.05) is 5.75 Å². The van der Waals surface area contributed by atoms with Crippen LogP contribution in [0.5, 0.6) is 0 Å². The molecule has 0 saturated carbocycles. The molecule has 2 aromatic heterocycles. The number of hydrazone groups is 1. The number of hydrogen-bond donors (Lipinski definition) is 1. The van der Waals surface area contributed by atoms with Crippen LogP contribution >= 0.6 is 11.8 Å². The summed E-state index contributed by atoms with van der Waals surface area (Å²) >= 11 is 1.31. The Balaban J connectivity index is 1.53. The maximum absolute atomic E-state index is 12.3. The summed E-state index contributed by atoms with van der Waals surface area (Å²) in [6.45, 7) is 6.57. The highest BCUT2D eigenvalue weighted by Gasteiger charge is 2.19. The van der Waals surface area contributed by atoms with Crippen LogP contribution in [0.15, 0.2) is 89.4 Å². The Morgan fingerprint density at radius 1 is 1.00 bits per heavy atom. The van der Waals surface area contributed by atoms with Crippen LogP contribution in [0.1, 0.15) is 31.9 Å². The summed E-state index contributed by atoms with van der Waals surface area (Å²) in [5.74, 6) is 0.654. The Hall–Kier alpha value is -3.78. The maximum Gasteiger partial charge on any atom is 0.250 e. The van der Waals surface area contributed by atoms with Gasteiger partial charge in [0.25, 0.3) is 5.91 Å². The third kappa shape index (κ3) is 5.77. The standard InChI is InChI=1S/C26H26N6OS/c1-26(2,3)21-11-9-20(10-12-21)24-30-31-25(32(24)22-7-5-4-6-8-22)34-18-23(33)29-28-17-19-13-15-27-16-14-19/h4-17H,18H2,1-3H3,(H,29,33)/b28-17-. The number of thioether (sulfide) groups is 1. The number of carbonyl (C=O) groups excluding carboxylic acids is 1. The van der Waals surface area contributed by atoms with Crippen molar-refractivity contribution in [2.24, 2.45) is 5.10 Å². The van der Waals surface area contributed by atoms with E-state index in [-0.39, 0.29) is 17.1 Å². The molecule has 4 rings (SSSR count). The predicted octanol–water partition coefficient (Wildman–Crippen LogP) is 4.87. The topological polar surface area (TPSA) is 85.1 Å². The first-order valence-corrected chi connectivity index (χ1v) is 11.9. The highest BCUT2D eigenvalue weighted by molar-refractivity contribution is 7.99. The Kier molecular flexibility index (Phi) is 7.18. The molecule has 0 fully saturated rings. The summed E-state index contributed by atoms with van der Waals surface area (Å²) in [5.41, 5.74) is 6.62. The molecule has 172 valence electrons. The Morgan fingerprint density at radius 2 is 1.71 bits per heavy atom. The van der Waals surface area contributed by atoms with Crippen molar-refractivity contribution in [3.8, 4) is 17.1 Å². The zero-order valence-corrected chi connectivity index (χ0v) is 20.2. The summed E-state index contributed by atoms with van der Waals surface area (Å²) in [6.07, 6.45) is 4.92. The largest absolute Gasteiger partial charge is 0.272 e. The third-order valence-corrected chi connectivity index (χ3v) is 6.03. The van der Waals surface area contributed by atoms with Crippen LogP contribution < -0.4 is 5.43 Å². The summed E-state index contributed by atoms with van der Waals surface area (Å²) in [6, 6.07) is 21.9. The Morgan fingerprint density at radius 3 is 2.38 bits per heavy atom. The molecule has 0 unspecified atom stereocenters. The second-order valence-corrected chi connectivity index (χ2v) is 9.61.